The number of nitro benzene ring substituents is 1. The van der Waals surface area contributed by atoms with E-state index in [9.17, 15) is 29.6 Å². The molecule has 0 fully saturated rings. The number of ether oxygens (including phenoxy) is 1. The summed E-state index contributed by atoms with van der Waals surface area (Å²) in [6.07, 6.45) is -0.342. The van der Waals surface area contributed by atoms with E-state index in [0.29, 0.717) is 5.56 Å². The Morgan fingerprint density at radius 3 is 2.38 bits per heavy atom. The van der Waals surface area contributed by atoms with Crippen molar-refractivity contribution >= 4 is 23.5 Å². The zero-order valence-electron chi connectivity index (χ0n) is 13.1. The largest absolute Gasteiger partial charge is 0.480 e. The van der Waals surface area contributed by atoms with Crippen LogP contribution in [0.5, 0.6) is 0 Å². The second kappa shape index (κ2) is 9.23. The molecule has 0 aliphatic rings. The maximum absolute atomic E-state index is 11.7. The molecule has 1 atom stereocenters. The van der Waals surface area contributed by atoms with Crippen molar-refractivity contribution in [1.82, 2.24) is 5.32 Å². The molecule has 1 amide bonds. The number of hydrogen-bond donors (Lipinski definition) is 2. The number of amides is 1. The third-order valence-electron chi connectivity index (χ3n) is 3.08. The van der Waals surface area contributed by atoms with Gasteiger partial charge < -0.3 is 15.2 Å². The number of non-ortho nitro benzene ring substituents is 1. The van der Waals surface area contributed by atoms with Crippen LogP contribution in [0.15, 0.2) is 24.3 Å². The maximum atomic E-state index is 11.7. The molecule has 0 radical (unpaired) electrons. The molecule has 0 heterocycles. The van der Waals surface area contributed by atoms with Gasteiger partial charge in [0.15, 0.2) is 0 Å². The van der Waals surface area contributed by atoms with Gasteiger partial charge in [-0.1, -0.05) is 12.1 Å². The quantitative estimate of drug-likeness (QED) is 0.390. The van der Waals surface area contributed by atoms with Gasteiger partial charge >= 0.3 is 11.9 Å². The molecule has 0 aliphatic heterocycles. The Hall–Kier alpha value is -2.97. The fourth-order valence-electron chi connectivity index (χ4n) is 1.90. The number of aliphatic carboxylic acids is 1. The lowest BCUT2D eigenvalue weighted by Crippen LogP contribution is -2.42. The van der Waals surface area contributed by atoms with Crippen molar-refractivity contribution in [2.24, 2.45) is 0 Å². The number of nitrogens with one attached hydrogen (secondary N) is 1. The Bertz CT molecular complexity index is 613. The number of nitrogens with zero attached hydrogens (tertiary/aromatic N) is 1. The minimum absolute atomic E-state index is 0.0293. The summed E-state index contributed by atoms with van der Waals surface area (Å²) in [5.41, 5.74) is 0.419. The number of hydrogen-bond acceptors (Lipinski definition) is 6. The van der Waals surface area contributed by atoms with Gasteiger partial charge in [-0.05, 0) is 12.5 Å². The molecule has 0 saturated carbocycles. The van der Waals surface area contributed by atoms with Gasteiger partial charge in [-0.3, -0.25) is 19.7 Å². The molecule has 9 heteroatoms. The van der Waals surface area contributed by atoms with E-state index in [1.807, 2.05) is 0 Å². The van der Waals surface area contributed by atoms with Crippen LogP contribution in [0, 0.1) is 10.1 Å². The van der Waals surface area contributed by atoms with Crippen LogP contribution in [0.1, 0.15) is 25.3 Å². The Labute approximate surface area is 137 Å². The van der Waals surface area contributed by atoms with Gasteiger partial charge in [0.25, 0.3) is 5.69 Å². The number of carboxylic acids is 1. The molecule has 0 aromatic heterocycles. The average molecular weight is 338 g/mol. The second-order valence-corrected chi connectivity index (χ2v) is 4.89. The highest BCUT2D eigenvalue weighted by Crippen LogP contribution is 2.13. The summed E-state index contributed by atoms with van der Waals surface area (Å²) in [4.78, 5) is 44.2. The smallest absolute Gasteiger partial charge is 0.326 e. The minimum Gasteiger partial charge on any atom is -0.480 e. The van der Waals surface area contributed by atoms with Crippen LogP contribution in [0.4, 0.5) is 5.69 Å². The summed E-state index contributed by atoms with van der Waals surface area (Å²) < 4.78 is 4.68. The number of esters is 1. The van der Waals surface area contributed by atoms with E-state index in [-0.39, 0.29) is 31.6 Å². The summed E-state index contributed by atoms with van der Waals surface area (Å²) in [6.45, 7) is 1.85. The molecule has 0 saturated heterocycles. The lowest BCUT2D eigenvalue weighted by atomic mass is 10.1. The number of carbonyl (C=O) groups is 3. The van der Waals surface area contributed by atoms with Gasteiger partial charge in [0.05, 0.1) is 18.0 Å². The minimum atomic E-state index is -1.24. The van der Waals surface area contributed by atoms with E-state index in [1.54, 1.807) is 6.92 Å². The molecule has 0 bridgehead atoms. The zero-order valence-corrected chi connectivity index (χ0v) is 13.1. The van der Waals surface area contributed by atoms with Crippen LogP contribution < -0.4 is 5.32 Å². The summed E-state index contributed by atoms with van der Waals surface area (Å²) in [5.74, 6) is -2.36. The molecule has 24 heavy (non-hydrogen) atoms. The van der Waals surface area contributed by atoms with Crippen LogP contribution in [0.25, 0.3) is 0 Å². The van der Waals surface area contributed by atoms with Crippen molar-refractivity contribution in [2.45, 2.75) is 32.2 Å². The van der Waals surface area contributed by atoms with Gasteiger partial charge in [-0.2, -0.15) is 0 Å². The van der Waals surface area contributed by atoms with Crippen LogP contribution in [-0.2, 0) is 25.5 Å². The zero-order chi connectivity index (χ0) is 18.1. The number of rotatable bonds is 9. The molecular formula is C15H18N2O7. The van der Waals surface area contributed by atoms with Crippen molar-refractivity contribution in [1.29, 1.82) is 0 Å². The topological polar surface area (TPSA) is 136 Å². The van der Waals surface area contributed by atoms with E-state index in [4.69, 9.17) is 0 Å². The first-order chi connectivity index (χ1) is 11.3. The lowest BCUT2D eigenvalue weighted by molar-refractivity contribution is -0.384. The van der Waals surface area contributed by atoms with Gasteiger partial charge in [0.1, 0.15) is 6.04 Å². The molecule has 1 rings (SSSR count). The summed E-state index contributed by atoms with van der Waals surface area (Å²) >= 11 is 0. The van der Waals surface area contributed by atoms with Crippen LogP contribution in [-0.4, -0.2) is 40.5 Å². The normalized spacial score (nSPS) is 11.4. The third-order valence-corrected chi connectivity index (χ3v) is 3.08. The predicted octanol–water partition coefficient (Wildman–Crippen LogP) is 1.05. The highest BCUT2D eigenvalue weighted by Gasteiger charge is 2.21. The molecule has 1 aromatic rings. The number of nitro groups is 1. The van der Waals surface area contributed by atoms with E-state index < -0.39 is 28.8 Å². The first kappa shape index (κ1) is 19.1. The molecule has 130 valence electrons. The van der Waals surface area contributed by atoms with E-state index in [1.165, 1.54) is 24.3 Å². The maximum Gasteiger partial charge on any atom is 0.326 e. The van der Waals surface area contributed by atoms with Gasteiger partial charge in [-0.25, -0.2) is 4.79 Å². The van der Waals surface area contributed by atoms with Crippen molar-refractivity contribution in [2.75, 3.05) is 6.61 Å². The highest BCUT2D eigenvalue weighted by molar-refractivity contribution is 5.85. The van der Waals surface area contributed by atoms with Crippen molar-refractivity contribution in [3.8, 4) is 0 Å². The predicted molar refractivity (Wildman–Crippen MR) is 82.2 cm³/mol. The number of carboxylic acid groups (broad SMARTS) is 1. The lowest BCUT2D eigenvalue weighted by Gasteiger charge is -2.14. The molecule has 0 unspecified atom stereocenters. The molecule has 2 N–H and O–H groups in total. The van der Waals surface area contributed by atoms with Crippen LogP contribution in [0.2, 0.25) is 0 Å². The summed E-state index contributed by atoms with van der Waals surface area (Å²) in [5, 5.41) is 22.1. The van der Waals surface area contributed by atoms with Gasteiger partial charge in [-0.15, -0.1) is 0 Å². The average Bonchev–Trinajstić information content (AvgIpc) is 2.53. The van der Waals surface area contributed by atoms with E-state index in [2.05, 4.69) is 10.1 Å². The van der Waals surface area contributed by atoms with Crippen molar-refractivity contribution < 1.29 is 29.2 Å². The second-order valence-electron chi connectivity index (χ2n) is 4.89. The molecule has 9 nitrogen and oxygen atoms in total. The summed E-state index contributed by atoms with van der Waals surface area (Å²) in [6, 6.07) is 4.19. The summed E-state index contributed by atoms with van der Waals surface area (Å²) in [7, 11) is 0. The van der Waals surface area contributed by atoms with E-state index >= 15 is 0 Å². The van der Waals surface area contributed by atoms with Gasteiger partial charge in [0, 0.05) is 25.0 Å². The standard InChI is InChI=1S/C15H18N2O7/c1-2-24-14(19)8-7-13(18)16-12(15(20)21)9-10-3-5-11(6-4-10)17(22)23/h3-6,12H,2,7-9H2,1H3,(H,16,18)(H,20,21)/t12-/m1/s1. The molecule has 1 aromatic carbocycles. The first-order valence-corrected chi connectivity index (χ1v) is 7.24. The first-order valence-electron chi connectivity index (χ1n) is 7.24. The van der Waals surface area contributed by atoms with E-state index in [0.717, 1.165) is 0 Å². The fraction of sp³-hybridized carbons (Fsp3) is 0.400. The Morgan fingerprint density at radius 1 is 1.25 bits per heavy atom. The highest BCUT2D eigenvalue weighted by atomic mass is 16.6. The Kier molecular flexibility index (Phi) is 7.34. The molecule has 0 aliphatic carbocycles. The molecular weight excluding hydrogens is 320 g/mol. The van der Waals surface area contributed by atoms with Gasteiger partial charge in [0.2, 0.25) is 5.91 Å². The van der Waals surface area contributed by atoms with Crippen molar-refractivity contribution in [3.05, 3.63) is 39.9 Å². The monoisotopic (exact) mass is 338 g/mol. The SMILES string of the molecule is CCOC(=O)CCC(=O)N[C@H](Cc1ccc([N+](=O)[O-])cc1)C(=O)O. The molecule has 0 spiro atoms. The van der Waals surface area contributed by atoms with Crippen LogP contribution >= 0.6 is 0 Å². The third kappa shape index (κ3) is 6.42. The van der Waals surface area contributed by atoms with Crippen molar-refractivity contribution in [3.63, 3.8) is 0 Å². The fourth-order valence-corrected chi connectivity index (χ4v) is 1.90. The number of benzene rings is 1. The Balaban J connectivity index is 2.60. The van der Waals surface area contributed by atoms with Crippen LogP contribution in [0.3, 0.4) is 0 Å². The Morgan fingerprint density at radius 2 is 1.88 bits per heavy atom. The number of carbonyl (C=O) groups excluding carboxylic acids is 2.